The molecule has 0 spiro atoms. The third kappa shape index (κ3) is 4.86. The summed E-state index contributed by atoms with van der Waals surface area (Å²) in [5, 5.41) is 4.55. The van der Waals surface area contributed by atoms with Gasteiger partial charge in [0, 0.05) is 41.3 Å². The van der Waals surface area contributed by atoms with Crippen LogP contribution in [0.25, 0.3) is 0 Å². The van der Waals surface area contributed by atoms with Gasteiger partial charge in [-0.05, 0) is 59.1 Å². The van der Waals surface area contributed by atoms with Crippen LogP contribution in [-0.2, 0) is 16.2 Å². The van der Waals surface area contributed by atoms with Crippen molar-refractivity contribution in [3.8, 4) is 5.75 Å². The van der Waals surface area contributed by atoms with Crippen molar-refractivity contribution in [2.45, 2.75) is 65.9 Å². The van der Waals surface area contributed by atoms with E-state index < -0.39 is 0 Å². The van der Waals surface area contributed by atoms with Crippen LogP contribution >= 0.6 is 23.2 Å². The fourth-order valence-corrected chi connectivity index (χ4v) is 6.12. The van der Waals surface area contributed by atoms with E-state index in [0.29, 0.717) is 35.2 Å². The number of dihydropyridines is 1. The number of benzene rings is 2. The topological polar surface area (TPSA) is 55.4 Å². The number of halogens is 2. The molecule has 1 heterocycles. The van der Waals surface area contributed by atoms with Crippen LogP contribution in [0.15, 0.2) is 65.0 Å². The Bertz CT molecular complexity index is 1280. The third-order valence-electron chi connectivity index (χ3n) is 7.30. The van der Waals surface area contributed by atoms with Gasteiger partial charge in [0.05, 0.1) is 10.0 Å². The monoisotopic (exact) mass is 523 g/mol. The second-order valence-corrected chi connectivity index (χ2v) is 12.6. The first-order valence-corrected chi connectivity index (χ1v) is 13.1. The summed E-state index contributed by atoms with van der Waals surface area (Å²) in [5.41, 5.74) is 4.98. The van der Waals surface area contributed by atoms with E-state index in [1.54, 1.807) is 12.1 Å². The molecule has 1 N–H and O–H groups in total. The van der Waals surface area contributed by atoms with Crippen LogP contribution in [0.5, 0.6) is 5.75 Å². The Labute approximate surface area is 222 Å². The lowest BCUT2D eigenvalue weighted by molar-refractivity contribution is -0.119. The van der Waals surface area contributed by atoms with E-state index in [1.165, 1.54) is 0 Å². The summed E-state index contributed by atoms with van der Waals surface area (Å²) in [5.74, 6) is 0.528. The van der Waals surface area contributed by atoms with E-state index in [2.05, 4.69) is 33.0 Å². The Morgan fingerprint density at radius 3 is 2.03 bits per heavy atom. The zero-order valence-corrected chi connectivity index (χ0v) is 22.6. The molecule has 3 aliphatic rings. The lowest BCUT2D eigenvalue weighted by Gasteiger charge is -2.44. The summed E-state index contributed by atoms with van der Waals surface area (Å²) < 4.78 is 6.09. The molecule has 36 heavy (non-hydrogen) atoms. The highest BCUT2D eigenvalue weighted by Crippen LogP contribution is 2.51. The van der Waals surface area contributed by atoms with Crippen molar-refractivity contribution in [3.05, 3.63) is 86.2 Å². The molecular weight excluding hydrogens is 493 g/mol. The van der Waals surface area contributed by atoms with E-state index in [4.69, 9.17) is 27.9 Å². The summed E-state index contributed by atoms with van der Waals surface area (Å²) >= 11 is 12.2. The molecule has 2 aromatic rings. The van der Waals surface area contributed by atoms with Crippen LogP contribution in [-0.4, -0.2) is 11.6 Å². The lowest BCUT2D eigenvalue weighted by Crippen LogP contribution is -2.42. The summed E-state index contributed by atoms with van der Waals surface area (Å²) in [6.07, 6.45) is 2.51. The molecule has 2 aliphatic carbocycles. The summed E-state index contributed by atoms with van der Waals surface area (Å²) in [6.45, 7) is 8.84. The molecule has 1 aliphatic heterocycles. The number of ketones is 2. The predicted octanol–water partition coefficient (Wildman–Crippen LogP) is 7.55. The third-order valence-corrected chi connectivity index (χ3v) is 8.04. The van der Waals surface area contributed by atoms with Gasteiger partial charge in [0.15, 0.2) is 11.6 Å². The smallest absolute Gasteiger partial charge is 0.162 e. The van der Waals surface area contributed by atoms with Gasteiger partial charge in [-0.2, -0.15) is 0 Å². The minimum atomic E-state index is -0.378. The molecule has 0 saturated carbocycles. The first kappa shape index (κ1) is 25.1. The zero-order valence-electron chi connectivity index (χ0n) is 21.1. The van der Waals surface area contributed by atoms with Crippen LogP contribution in [0.4, 0.5) is 0 Å². The van der Waals surface area contributed by atoms with E-state index in [0.717, 1.165) is 46.5 Å². The number of allylic oxidation sites excluding steroid dienone is 4. The van der Waals surface area contributed by atoms with Crippen molar-refractivity contribution in [2.24, 2.45) is 10.8 Å². The number of carbonyl (C=O) groups excluding carboxylic acids is 2. The van der Waals surface area contributed by atoms with Crippen LogP contribution < -0.4 is 10.1 Å². The van der Waals surface area contributed by atoms with Crippen LogP contribution in [0, 0.1) is 10.8 Å². The molecule has 0 amide bonds. The molecule has 2 aromatic carbocycles. The van der Waals surface area contributed by atoms with Gasteiger partial charge >= 0.3 is 0 Å². The molecule has 0 atom stereocenters. The van der Waals surface area contributed by atoms with Gasteiger partial charge in [-0.25, -0.2) is 0 Å². The Morgan fingerprint density at radius 1 is 0.833 bits per heavy atom. The van der Waals surface area contributed by atoms with Gasteiger partial charge in [-0.3, -0.25) is 9.59 Å². The number of carbonyl (C=O) groups is 2. The minimum Gasteiger partial charge on any atom is -0.489 e. The van der Waals surface area contributed by atoms with Gasteiger partial charge in [-0.1, -0.05) is 69.1 Å². The number of nitrogens with one attached hydrogen (secondary N) is 1. The van der Waals surface area contributed by atoms with Crippen molar-refractivity contribution in [3.63, 3.8) is 0 Å². The Morgan fingerprint density at radius 2 is 1.44 bits per heavy atom. The molecule has 0 fully saturated rings. The standard InChI is InChI=1S/C30H31Cl2NO3/c1-29(2)12-22-27(24(34)14-29)26(28-23(33-22)13-30(3,4)15-25(28)35)18-6-5-7-19(11-18)36-16-17-8-9-20(31)21(32)10-17/h5-11,26,33H,12-16H2,1-4H3. The van der Waals surface area contributed by atoms with Crippen molar-refractivity contribution in [2.75, 3.05) is 0 Å². The number of hydrogen-bond donors (Lipinski definition) is 1. The average Bonchev–Trinajstić information content (AvgIpc) is 2.77. The predicted molar refractivity (Wildman–Crippen MR) is 143 cm³/mol. The fourth-order valence-electron chi connectivity index (χ4n) is 5.80. The van der Waals surface area contributed by atoms with E-state index in [1.807, 2.05) is 30.3 Å². The first-order chi connectivity index (χ1) is 16.9. The van der Waals surface area contributed by atoms with Gasteiger partial charge < -0.3 is 10.1 Å². The maximum atomic E-state index is 13.5. The largest absolute Gasteiger partial charge is 0.489 e. The fraction of sp³-hybridized carbons (Fsp3) is 0.400. The number of rotatable bonds is 4. The van der Waals surface area contributed by atoms with Gasteiger partial charge in [0.2, 0.25) is 0 Å². The normalized spacial score (nSPS) is 21.2. The maximum absolute atomic E-state index is 13.5. The molecule has 4 nitrogen and oxygen atoms in total. The molecular formula is C30H31Cl2NO3. The Hall–Kier alpha value is -2.56. The number of hydrogen-bond acceptors (Lipinski definition) is 4. The van der Waals surface area contributed by atoms with Crippen molar-refractivity contribution < 1.29 is 14.3 Å². The lowest BCUT2D eigenvalue weighted by atomic mass is 9.64. The average molecular weight is 524 g/mol. The Balaban J connectivity index is 1.53. The highest BCUT2D eigenvalue weighted by atomic mass is 35.5. The summed E-state index contributed by atoms with van der Waals surface area (Å²) in [4.78, 5) is 27.0. The molecule has 5 rings (SSSR count). The van der Waals surface area contributed by atoms with Crippen LogP contribution in [0.2, 0.25) is 10.0 Å². The molecule has 0 unspecified atom stereocenters. The second-order valence-electron chi connectivity index (χ2n) is 11.8. The van der Waals surface area contributed by atoms with Gasteiger partial charge in [-0.15, -0.1) is 0 Å². The first-order valence-electron chi connectivity index (χ1n) is 12.4. The summed E-state index contributed by atoms with van der Waals surface area (Å²) in [7, 11) is 0. The maximum Gasteiger partial charge on any atom is 0.162 e. The zero-order chi connectivity index (χ0) is 25.8. The minimum absolute atomic E-state index is 0.116. The van der Waals surface area contributed by atoms with Crippen molar-refractivity contribution >= 4 is 34.8 Å². The Kier molecular flexibility index (Phi) is 6.33. The van der Waals surface area contributed by atoms with E-state index in [-0.39, 0.29) is 28.3 Å². The van der Waals surface area contributed by atoms with Crippen LogP contribution in [0.3, 0.4) is 0 Å². The van der Waals surface area contributed by atoms with Gasteiger partial charge in [0.1, 0.15) is 12.4 Å². The van der Waals surface area contributed by atoms with Crippen molar-refractivity contribution in [1.29, 1.82) is 0 Å². The van der Waals surface area contributed by atoms with Crippen molar-refractivity contribution in [1.82, 2.24) is 5.32 Å². The van der Waals surface area contributed by atoms with Crippen LogP contribution in [0.1, 0.15) is 70.4 Å². The second kappa shape index (κ2) is 9.08. The SMILES string of the molecule is CC1(C)CC(=O)C2=C(C1)NC1=C(C(=O)CC(C)(C)C1)C2c1cccc(OCc2ccc(Cl)c(Cl)c2)c1. The number of Topliss-reactive ketones (excluding diaryl/α,β-unsaturated/α-hetero) is 2. The quantitative estimate of drug-likeness (QED) is 0.449. The van der Waals surface area contributed by atoms with E-state index >= 15 is 0 Å². The van der Waals surface area contributed by atoms with Gasteiger partial charge in [0.25, 0.3) is 0 Å². The summed E-state index contributed by atoms with van der Waals surface area (Å²) in [6, 6.07) is 13.2. The molecule has 188 valence electrons. The molecule has 6 heteroatoms. The molecule has 0 saturated heterocycles. The highest BCUT2D eigenvalue weighted by molar-refractivity contribution is 6.42. The molecule has 0 radical (unpaired) electrons. The number of ether oxygens (including phenoxy) is 1. The highest BCUT2D eigenvalue weighted by Gasteiger charge is 2.46. The van der Waals surface area contributed by atoms with E-state index in [9.17, 15) is 9.59 Å². The molecule has 0 bridgehead atoms. The molecule has 0 aromatic heterocycles.